The van der Waals surface area contributed by atoms with Crippen LogP contribution in [0.1, 0.15) is 16.7 Å². The van der Waals surface area contributed by atoms with E-state index in [1.807, 2.05) is 54.6 Å². The molecule has 176 valence electrons. The van der Waals surface area contributed by atoms with Crippen LogP contribution in [0.2, 0.25) is 0 Å². The second kappa shape index (κ2) is 13.2. The number of nitrogens with zero attached hydrogens (tertiary/aromatic N) is 1. The Hall–Kier alpha value is -2.54. The normalized spacial score (nSPS) is 12.7. The molecule has 1 atom stereocenters. The summed E-state index contributed by atoms with van der Waals surface area (Å²) in [4.78, 5) is 2.14. The zero-order valence-electron chi connectivity index (χ0n) is 19.6. The van der Waals surface area contributed by atoms with Gasteiger partial charge in [0.1, 0.15) is 5.60 Å². The van der Waals surface area contributed by atoms with Crippen LogP contribution in [0.4, 0.5) is 0 Å². The SMILES string of the molecule is COCCN(CCOC)CC(O)COC(c1ccccc1)(c1ccccc1)c1ccccc1. The molecule has 5 heteroatoms. The van der Waals surface area contributed by atoms with Crippen LogP contribution in [0.15, 0.2) is 91.0 Å². The smallest absolute Gasteiger partial charge is 0.143 e. The second-order valence-electron chi connectivity index (χ2n) is 8.03. The van der Waals surface area contributed by atoms with E-state index in [2.05, 4.69) is 41.3 Å². The van der Waals surface area contributed by atoms with E-state index in [9.17, 15) is 5.11 Å². The quantitative estimate of drug-likeness (QED) is 0.378. The molecule has 0 amide bonds. The predicted molar refractivity (Wildman–Crippen MR) is 131 cm³/mol. The highest BCUT2D eigenvalue weighted by Crippen LogP contribution is 2.40. The third kappa shape index (κ3) is 6.73. The monoisotopic (exact) mass is 449 g/mol. The zero-order chi connectivity index (χ0) is 23.4. The zero-order valence-corrected chi connectivity index (χ0v) is 19.6. The molecule has 0 bridgehead atoms. The van der Waals surface area contributed by atoms with Crippen molar-refractivity contribution in [2.45, 2.75) is 11.7 Å². The highest BCUT2D eigenvalue weighted by Gasteiger charge is 2.38. The second-order valence-corrected chi connectivity index (χ2v) is 8.03. The van der Waals surface area contributed by atoms with Crippen LogP contribution in [0.25, 0.3) is 0 Å². The van der Waals surface area contributed by atoms with Crippen LogP contribution in [-0.2, 0) is 19.8 Å². The lowest BCUT2D eigenvalue weighted by Crippen LogP contribution is -2.41. The highest BCUT2D eigenvalue weighted by atomic mass is 16.5. The van der Waals surface area contributed by atoms with Gasteiger partial charge >= 0.3 is 0 Å². The first-order chi connectivity index (χ1) is 16.2. The van der Waals surface area contributed by atoms with Crippen LogP contribution in [0, 0.1) is 0 Å². The molecule has 0 radical (unpaired) electrons. The van der Waals surface area contributed by atoms with Crippen LogP contribution < -0.4 is 0 Å². The minimum absolute atomic E-state index is 0.176. The van der Waals surface area contributed by atoms with Gasteiger partial charge in [-0.2, -0.15) is 0 Å². The summed E-state index contributed by atoms with van der Waals surface area (Å²) in [6.45, 7) is 3.28. The number of rotatable bonds is 14. The lowest BCUT2D eigenvalue weighted by Gasteiger charge is -2.37. The Kier molecular flexibility index (Phi) is 10.1. The fraction of sp³-hybridized carbons (Fsp3) is 0.357. The fourth-order valence-corrected chi connectivity index (χ4v) is 4.08. The number of hydrogen-bond acceptors (Lipinski definition) is 5. The Balaban J connectivity index is 1.90. The number of aliphatic hydroxyl groups excluding tert-OH is 1. The number of methoxy groups -OCH3 is 2. The predicted octanol–water partition coefficient (Wildman–Crippen LogP) is 3.95. The maximum absolute atomic E-state index is 11.0. The molecule has 0 heterocycles. The van der Waals surface area contributed by atoms with Gasteiger partial charge in [0.2, 0.25) is 0 Å². The summed E-state index contributed by atoms with van der Waals surface area (Å²) in [5.41, 5.74) is 2.22. The van der Waals surface area contributed by atoms with E-state index in [0.29, 0.717) is 19.8 Å². The van der Waals surface area contributed by atoms with Crippen molar-refractivity contribution >= 4 is 0 Å². The number of aliphatic hydroxyl groups is 1. The first kappa shape index (κ1) is 25.1. The molecule has 3 aromatic rings. The highest BCUT2D eigenvalue weighted by molar-refractivity contribution is 5.47. The average Bonchev–Trinajstić information content (AvgIpc) is 2.88. The molecule has 0 aliphatic heterocycles. The van der Waals surface area contributed by atoms with E-state index < -0.39 is 11.7 Å². The maximum atomic E-state index is 11.0. The van der Waals surface area contributed by atoms with Gasteiger partial charge in [-0.25, -0.2) is 0 Å². The number of benzene rings is 3. The van der Waals surface area contributed by atoms with E-state index in [0.717, 1.165) is 29.8 Å². The summed E-state index contributed by atoms with van der Waals surface area (Å²) >= 11 is 0. The van der Waals surface area contributed by atoms with Crippen molar-refractivity contribution in [2.75, 3.05) is 53.7 Å². The Morgan fingerprint density at radius 3 is 1.45 bits per heavy atom. The summed E-state index contributed by atoms with van der Waals surface area (Å²) in [7, 11) is 3.37. The Labute approximate surface area is 197 Å². The van der Waals surface area contributed by atoms with Crippen molar-refractivity contribution in [3.63, 3.8) is 0 Å². The molecule has 0 saturated heterocycles. The Morgan fingerprint density at radius 1 is 0.697 bits per heavy atom. The van der Waals surface area contributed by atoms with E-state index in [1.165, 1.54) is 0 Å². The van der Waals surface area contributed by atoms with Crippen LogP contribution in [0.5, 0.6) is 0 Å². The third-order valence-electron chi connectivity index (χ3n) is 5.73. The van der Waals surface area contributed by atoms with Crippen LogP contribution in [0.3, 0.4) is 0 Å². The van der Waals surface area contributed by atoms with Gasteiger partial charge in [-0.3, -0.25) is 4.90 Å². The molecule has 3 rings (SSSR count). The van der Waals surface area contributed by atoms with Gasteiger partial charge in [-0.1, -0.05) is 91.0 Å². The molecule has 1 N–H and O–H groups in total. The lowest BCUT2D eigenvalue weighted by atomic mass is 9.80. The molecule has 0 saturated carbocycles. The Bertz CT molecular complexity index is 800. The van der Waals surface area contributed by atoms with Crippen molar-refractivity contribution in [1.29, 1.82) is 0 Å². The van der Waals surface area contributed by atoms with E-state index in [1.54, 1.807) is 14.2 Å². The molecule has 1 unspecified atom stereocenters. The molecular formula is C28H35NO4. The standard InChI is InChI=1S/C28H35NO4/c1-31-20-18-29(19-21-32-2)22-27(30)23-33-28(24-12-6-3-7-13-24,25-14-8-4-9-15-25)26-16-10-5-11-17-26/h3-17,27,30H,18-23H2,1-2H3. The Morgan fingerprint density at radius 2 is 1.09 bits per heavy atom. The van der Waals surface area contributed by atoms with Crippen molar-refractivity contribution < 1.29 is 19.3 Å². The molecule has 0 fully saturated rings. The maximum Gasteiger partial charge on any atom is 0.143 e. The van der Waals surface area contributed by atoms with E-state index >= 15 is 0 Å². The molecule has 0 aliphatic rings. The van der Waals surface area contributed by atoms with Gasteiger partial charge in [0, 0.05) is 33.9 Å². The summed E-state index contributed by atoms with van der Waals surface area (Å²) in [5.74, 6) is 0. The van der Waals surface area contributed by atoms with Gasteiger partial charge in [0.05, 0.1) is 25.9 Å². The molecule has 0 aromatic heterocycles. The van der Waals surface area contributed by atoms with Gasteiger partial charge < -0.3 is 19.3 Å². The average molecular weight is 450 g/mol. The fourth-order valence-electron chi connectivity index (χ4n) is 4.08. The molecule has 0 spiro atoms. The van der Waals surface area contributed by atoms with E-state index in [-0.39, 0.29) is 6.61 Å². The van der Waals surface area contributed by atoms with Crippen LogP contribution in [-0.4, -0.2) is 69.8 Å². The summed E-state index contributed by atoms with van der Waals surface area (Å²) in [6.07, 6.45) is -0.672. The molecule has 3 aromatic carbocycles. The molecule has 5 nitrogen and oxygen atoms in total. The van der Waals surface area contributed by atoms with Gasteiger partial charge in [0.15, 0.2) is 0 Å². The van der Waals surface area contributed by atoms with Crippen molar-refractivity contribution in [2.24, 2.45) is 0 Å². The largest absolute Gasteiger partial charge is 0.389 e. The van der Waals surface area contributed by atoms with Crippen molar-refractivity contribution in [3.8, 4) is 0 Å². The number of hydrogen-bond donors (Lipinski definition) is 1. The van der Waals surface area contributed by atoms with Crippen molar-refractivity contribution in [3.05, 3.63) is 108 Å². The summed E-state index contributed by atoms with van der Waals surface area (Å²) in [5, 5.41) is 11.0. The van der Waals surface area contributed by atoms with Crippen molar-refractivity contribution in [1.82, 2.24) is 4.90 Å². The van der Waals surface area contributed by atoms with E-state index in [4.69, 9.17) is 14.2 Å². The third-order valence-corrected chi connectivity index (χ3v) is 5.73. The minimum atomic E-state index is -0.839. The summed E-state index contributed by atoms with van der Waals surface area (Å²) < 4.78 is 17.2. The molecule has 33 heavy (non-hydrogen) atoms. The first-order valence-electron chi connectivity index (χ1n) is 11.4. The summed E-state index contributed by atoms with van der Waals surface area (Å²) in [6, 6.07) is 30.6. The topological polar surface area (TPSA) is 51.2 Å². The lowest BCUT2D eigenvalue weighted by molar-refractivity contribution is -0.0489. The minimum Gasteiger partial charge on any atom is -0.389 e. The number of ether oxygens (including phenoxy) is 3. The van der Waals surface area contributed by atoms with Gasteiger partial charge in [0.25, 0.3) is 0 Å². The van der Waals surface area contributed by atoms with Gasteiger partial charge in [-0.05, 0) is 16.7 Å². The molecule has 0 aliphatic carbocycles. The van der Waals surface area contributed by atoms with Crippen LogP contribution >= 0.6 is 0 Å². The van der Waals surface area contributed by atoms with Gasteiger partial charge in [-0.15, -0.1) is 0 Å². The molecular weight excluding hydrogens is 414 g/mol. The first-order valence-corrected chi connectivity index (χ1v) is 11.4.